The smallest absolute Gasteiger partial charge is 0.545 e. The number of hydrogen-bond acceptors (Lipinski definition) is 4. The number of carbonyl (C=O) groups is 2. The monoisotopic (exact) mass is 207 g/mol. The molecule has 0 saturated carbocycles. The Balaban J connectivity index is 0. The Hall–Kier alpha value is -0.697. The minimum atomic E-state index is -1.41. The van der Waals surface area contributed by atoms with Crippen molar-refractivity contribution in [1.82, 2.24) is 0 Å². The third-order valence-electron chi connectivity index (χ3n) is 0.642. The summed E-state index contributed by atoms with van der Waals surface area (Å²) in [7, 11) is 0. The molecule has 0 N–H and O–H groups in total. The van der Waals surface area contributed by atoms with Gasteiger partial charge in [0.2, 0.25) is 0 Å². The van der Waals surface area contributed by atoms with E-state index in [9.17, 15) is 14.7 Å². The standard InChI is InChI=1S/C6H8O4.Zn/c1-2-10-6(9)4-3-5(7)8;/h3-4H,2H2,1H3,(H,7,8);/q;+2/p-1/b4-3+;. The van der Waals surface area contributed by atoms with E-state index >= 15 is 0 Å². The zero-order chi connectivity index (χ0) is 7.98. The summed E-state index contributed by atoms with van der Waals surface area (Å²) >= 11 is 0. The maximum absolute atomic E-state index is 10.3. The second kappa shape index (κ2) is 7.41. The molecule has 0 aromatic rings. The number of aliphatic carboxylic acids is 1. The van der Waals surface area contributed by atoms with Crippen molar-refractivity contribution in [3.05, 3.63) is 12.2 Å². The molecule has 0 aliphatic rings. The molecule has 0 aliphatic carbocycles. The fourth-order valence-electron chi connectivity index (χ4n) is 0.326. The summed E-state index contributed by atoms with van der Waals surface area (Å²) in [6, 6.07) is 0. The van der Waals surface area contributed by atoms with Gasteiger partial charge in [0.15, 0.2) is 0 Å². The second-order valence-electron chi connectivity index (χ2n) is 1.40. The van der Waals surface area contributed by atoms with Gasteiger partial charge in [0, 0.05) is 6.08 Å². The van der Waals surface area contributed by atoms with Crippen molar-refractivity contribution in [2.24, 2.45) is 0 Å². The SMILES string of the molecule is CCOC(=O)/C=C/C(=O)[O-].[Zn+2]. The molecule has 0 fully saturated rings. The molecule has 0 spiro atoms. The van der Waals surface area contributed by atoms with Gasteiger partial charge in [-0.3, -0.25) is 0 Å². The van der Waals surface area contributed by atoms with Gasteiger partial charge in [0.25, 0.3) is 0 Å². The van der Waals surface area contributed by atoms with Crippen LogP contribution in [0.5, 0.6) is 0 Å². The number of ether oxygens (including phenoxy) is 1. The fraction of sp³-hybridized carbons (Fsp3) is 0.333. The average Bonchev–Trinajstić information content (AvgIpc) is 1.85. The van der Waals surface area contributed by atoms with Gasteiger partial charge in [0.05, 0.1) is 12.6 Å². The van der Waals surface area contributed by atoms with E-state index in [-0.39, 0.29) is 26.1 Å². The third kappa shape index (κ3) is 9.30. The topological polar surface area (TPSA) is 66.4 Å². The summed E-state index contributed by atoms with van der Waals surface area (Å²) in [5.74, 6) is -2.08. The molecule has 0 amide bonds. The summed E-state index contributed by atoms with van der Waals surface area (Å²) in [5, 5.41) is 9.70. The molecule has 0 bridgehead atoms. The average molecular weight is 209 g/mol. The van der Waals surface area contributed by atoms with Crippen molar-refractivity contribution >= 4 is 11.9 Å². The molecule has 5 heteroatoms. The van der Waals surface area contributed by atoms with Gasteiger partial charge in [-0.1, -0.05) is 0 Å². The molecule has 0 aromatic heterocycles. The van der Waals surface area contributed by atoms with Crippen molar-refractivity contribution in [2.45, 2.75) is 6.92 Å². The van der Waals surface area contributed by atoms with E-state index in [1.165, 1.54) is 0 Å². The number of carboxylic acid groups (broad SMARTS) is 1. The molecule has 0 radical (unpaired) electrons. The van der Waals surface area contributed by atoms with Crippen LogP contribution in [-0.4, -0.2) is 18.5 Å². The number of esters is 1. The molecule has 4 nitrogen and oxygen atoms in total. The second-order valence-corrected chi connectivity index (χ2v) is 1.40. The van der Waals surface area contributed by atoms with Crippen LogP contribution in [0.25, 0.3) is 0 Å². The predicted molar refractivity (Wildman–Crippen MR) is 30.8 cm³/mol. The molecule has 0 rings (SSSR count). The van der Waals surface area contributed by atoms with Crippen LogP contribution in [0.15, 0.2) is 12.2 Å². The van der Waals surface area contributed by atoms with E-state index in [2.05, 4.69) is 4.74 Å². The van der Waals surface area contributed by atoms with Gasteiger partial charge >= 0.3 is 25.4 Å². The van der Waals surface area contributed by atoms with Crippen molar-refractivity contribution in [2.75, 3.05) is 6.61 Å². The third-order valence-corrected chi connectivity index (χ3v) is 0.642. The van der Waals surface area contributed by atoms with Crippen LogP contribution in [-0.2, 0) is 33.8 Å². The maximum atomic E-state index is 10.3. The Bertz CT molecular complexity index is 164. The fourth-order valence-corrected chi connectivity index (χ4v) is 0.326. The van der Waals surface area contributed by atoms with Gasteiger partial charge in [0.1, 0.15) is 0 Å². The Morgan fingerprint density at radius 1 is 1.45 bits per heavy atom. The minimum absolute atomic E-state index is 0. The minimum Gasteiger partial charge on any atom is -0.545 e. The predicted octanol–water partition coefficient (Wildman–Crippen LogP) is -1.15. The number of carboxylic acids is 1. The molecule has 11 heavy (non-hydrogen) atoms. The Morgan fingerprint density at radius 2 is 2.00 bits per heavy atom. The summed E-state index contributed by atoms with van der Waals surface area (Å²) < 4.78 is 4.38. The Morgan fingerprint density at radius 3 is 2.36 bits per heavy atom. The van der Waals surface area contributed by atoms with Crippen molar-refractivity contribution in [3.8, 4) is 0 Å². The van der Waals surface area contributed by atoms with E-state index in [0.717, 1.165) is 6.08 Å². The van der Waals surface area contributed by atoms with Gasteiger partial charge in [-0.25, -0.2) is 4.79 Å². The van der Waals surface area contributed by atoms with Crippen LogP contribution in [0.2, 0.25) is 0 Å². The molecule has 0 aliphatic heterocycles. The summed E-state index contributed by atoms with van der Waals surface area (Å²) in [6.45, 7) is 1.86. The van der Waals surface area contributed by atoms with Gasteiger partial charge in [-0.05, 0) is 13.0 Å². The summed E-state index contributed by atoms with van der Waals surface area (Å²) in [4.78, 5) is 20.0. The van der Waals surface area contributed by atoms with Crippen LogP contribution >= 0.6 is 0 Å². The Labute approximate surface area is 77.0 Å². The largest absolute Gasteiger partial charge is 2.00 e. The number of carbonyl (C=O) groups excluding carboxylic acids is 2. The maximum Gasteiger partial charge on any atom is 2.00 e. The van der Waals surface area contributed by atoms with E-state index < -0.39 is 11.9 Å². The first-order valence-corrected chi connectivity index (χ1v) is 2.72. The first-order valence-electron chi connectivity index (χ1n) is 2.72. The molecule has 0 unspecified atom stereocenters. The van der Waals surface area contributed by atoms with Crippen molar-refractivity contribution in [1.29, 1.82) is 0 Å². The van der Waals surface area contributed by atoms with Gasteiger partial charge in [-0.2, -0.15) is 0 Å². The summed E-state index contributed by atoms with van der Waals surface area (Å²) in [6.07, 6.45) is 1.43. The normalized spacial score (nSPS) is 8.82. The van der Waals surface area contributed by atoms with Crippen LogP contribution in [0.1, 0.15) is 6.92 Å². The van der Waals surface area contributed by atoms with Gasteiger partial charge < -0.3 is 14.6 Å². The first-order chi connectivity index (χ1) is 4.66. The van der Waals surface area contributed by atoms with E-state index in [4.69, 9.17) is 0 Å². The first kappa shape index (κ1) is 12.9. The molecule has 0 aromatic carbocycles. The zero-order valence-electron chi connectivity index (χ0n) is 6.20. The van der Waals surface area contributed by atoms with E-state index in [1.807, 2.05) is 0 Å². The van der Waals surface area contributed by atoms with Crippen LogP contribution < -0.4 is 5.11 Å². The molecule has 56 valence electrons. The zero-order valence-corrected chi connectivity index (χ0v) is 9.17. The summed E-state index contributed by atoms with van der Waals surface area (Å²) in [5.41, 5.74) is 0. The molecular formula is C6H7O4Zn+. The van der Waals surface area contributed by atoms with Crippen molar-refractivity contribution < 1.29 is 38.9 Å². The molecule has 0 saturated heterocycles. The van der Waals surface area contributed by atoms with E-state index in [0.29, 0.717) is 6.08 Å². The number of hydrogen-bond donors (Lipinski definition) is 0. The van der Waals surface area contributed by atoms with Crippen molar-refractivity contribution in [3.63, 3.8) is 0 Å². The molecule has 0 atom stereocenters. The van der Waals surface area contributed by atoms with Crippen LogP contribution in [0, 0.1) is 0 Å². The van der Waals surface area contributed by atoms with E-state index in [1.54, 1.807) is 6.92 Å². The molecule has 0 heterocycles. The molecular weight excluding hydrogens is 201 g/mol. The quantitative estimate of drug-likeness (QED) is 0.334. The number of rotatable bonds is 3. The Kier molecular flexibility index (Phi) is 8.71. The van der Waals surface area contributed by atoms with Crippen LogP contribution in [0.3, 0.4) is 0 Å². The van der Waals surface area contributed by atoms with Crippen LogP contribution in [0.4, 0.5) is 0 Å². The van der Waals surface area contributed by atoms with Gasteiger partial charge in [-0.15, -0.1) is 0 Å².